The number of benzene rings is 2. The lowest BCUT2D eigenvalue weighted by molar-refractivity contribution is 0.0976. The number of halogens is 1. The van der Waals surface area contributed by atoms with Gasteiger partial charge in [-0.25, -0.2) is 0 Å². The third kappa shape index (κ3) is 4.25. The van der Waals surface area contributed by atoms with Gasteiger partial charge in [-0.05, 0) is 55.2 Å². The smallest absolute Gasteiger partial charge is 0.278 e. The van der Waals surface area contributed by atoms with E-state index in [4.69, 9.17) is 16.3 Å². The quantitative estimate of drug-likeness (QED) is 0.438. The molecule has 0 aliphatic rings. The summed E-state index contributed by atoms with van der Waals surface area (Å²) in [5.74, 6) is 0.751. The molecule has 0 radical (unpaired) electrons. The number of amides is 1. The highest BCUT2D eigenvalue weighted by molar-refractivity contribution is 7.97. The third-order valence-electron chi connectivity index (χ3n) is 4.59. The Labute approximate surface area is 169 Å². The van der Waals surface area contributed by atoms with Crippen molar-refractivity contribution in [2.75, 3.05) is 12.9 Å². The first kappa shape index (κ1) is 19.6. The number of hydrogen-bond acceptors (Lipinski definition) is 3. The zero-order chi connectivity index (χ0) is 19.4. The maximum Gasteiger partial charge on any atom is 0.278 e. The average Bonchev–Trinajstić information content (AvgIpc) is 2.94. The van der Waals surface area contributed by atoms with Crippen LogP contribution in [-0.2, 0) is 13.5 Å². The number of fused-ring (bicyclic) bond motifs is 1. The molecular formula is C21H23ClN2O2S. The lowest BCUT2D eigenvalue weighted by atomic mass is 10.1. The summed E-state index contributed by atoms with van der Waals surface area (Å²) in [6.07, 6.45) is 3.43. The fourth-order valence-corrected chi connectivity index (χ4v) is 3.70. The van der Waals surface area contributed by atoms with Gasteiger partial charge in [-0.15, -0.1) is 0 Å². The van der Waals surface area contributed by atoms with E-state index >= 15 is 0 Å². The molecule has 0 fully saturated rings. The minimum atomic E-state index is -0.0644. The van der Waals surface area contributed by atoms with E-state index in [0.29, 0.717) is 12.3 Å². The summed E-state index contributed by atoms with van der Waals surface area (Å²) in [4.78, 5) is 12.6. The summed E-state index contributed by atoms with van der Waals surface area (Å²) in [6, 6.07) is 13.8. The van der Waals surface area contributed by atoms with Crippen molar-refractivity contribution in [2.24, 2.45) is 7.05 Å². The van der Waals surface area contributed by atoms with Gasteiger partial charge in [-0.1, -0.05) is 41.7 Å². The van der Waals surface area contributed by atoms with Gasteiger partial charge in [0.1, 0.15) is 11.4 Å². The molecule has 1 N–H and O–H groups in total. The summed E-state index contributed by atoms with van der Waals surface area (Å²) in [6.45, 7) is 2.54. The zero-order valence-corrected chi connectivity index (χ0v) is 17.3. The standard InChI is InChI=1S/C21H23ClN2O2S/c1-14-13-15(10-11-18(14)22)26-12-6-8-17-16-7-4-5-9-19(16)24(2)20(17)21(25)23-27-3/h4-5,7,9-11,13H,6,8,12H2,1-3H3,(H,23,25). The van der Waals surface area contributed by atoms with Gasteiger partial charge in [0.05, 0.1) is 6.61 Å². The Morgan fingerprint density at radius 1 is 1.26 bits per heavy atom. The van der Waals surface area contributed by atoms with Crippen molar-refractivity contribution in [1.29, 1.82) is 0 Å². The van der Waals surface area contributed by atoms with Crippen LogP contribution in [0.2, 0.25) is 5.02 Å². The first-order valence-corrected chi connectivity index (χ1v) is 10.4. The molecule has 0 saturated carbocycles. The van der Waals surface area contributed by atoms with Gasteiger partial charge in [0.25, 0.3) is 5.91 Å². The Balaban J connectivity index is 1.76. The minimum absolute atomic E-state index is 0.0644. The van der Waals surface area contributed by atoms with Gasteiger partial charge in [0.15, 0.2) is 0 Å². The number of hydrogen-bond donors (Lipinski definition) is 1. The van der Waals surface area contributed by atoms with Crippen LogP contribution in [0.25, 0.3) is 10.9 Å². The van der Waals surface area contributed by atoms with Crippen molar-refractivity contribution in [3.05, 3.63) is 64.3 Å². The molecule has 0 saturated heterocycles. The first-order valence-electron chi connectivity index (χ1n) is 8.81. The van der Waals surface area contributed by atoms with Crippen molar-refractivity contribution < 1.29 is 9.53 Å². The van der Waals surface area contributed by atoms with Gasteiger partial charge < -0.3 is 9.30 Å². The Kier molecular flexibility index (Phi) is 6.34. The van der Waals surface area contributed by atoms with Crippen molar-refractivity contribution in [1.82, 2.24) is 9.29 Å². The summed E-state index contributed by atoms with van der Waals surface area (Å²) in [7, 11) is 1.94. The molecule has 0 aliphatic heterocycles. The number of ether oxygens (including phenoxy) is 1. The number of para-hydroxylation sites is 1. The molecule has 0 spiro atoms. The van der Waals surface area contributed by atoms with Crippen molar-refractivity contribution in [2.45, 2.75) is 19.8 Å². The Hall–Kier alpha value is -2.11. The lowest BCUT2D eigenvalue weighted by Gasteiger charge is -2.09. The van der Waals surface area contributed by atoms with Crippen LogP contribution in [0.4, 0.5) is 0 Å². The molecule has 142 valence electrons. The fourth-order valence-electron chi connectivity index (χ4n) is 3.30. The van der Waals surface area contributed by atoms with Crippen LogP contribution < -0.4 is 9.46 Å². The molecule has 2 aromatic carbocycles. The van der Waals surface area contributed by atoms with E-state index in [0.717, 1.165) is 45.6 Å². The van der Waals surface area contributed by atoms with Crippen LogP contribution in [0.5, 0.6) is 5.75 Å². The van der Waals surface area contributed by atoms with Crippen LogP contribution in [-0.4, -0.2) is 23.3 Å². The molecule has 0 bridgehead atoms. The number of aryl methyl sites for hydroxylation is 3. The molecule has 4 nitrogen and oxygen atoms in total. The van der Waals surface area contributed by atoms with E-state index in [-0.39, 0.29) is 5.91 Å². The summed E-state index contributed by atoms with van der Waals surface area (Å²) in [5.41, 5.74) is 3.84. The first-order chi connectivity index (χ1) is 13.0. The van der Waals surface area contributed by atoms with E-state index in [1.54, 1.807) is 0 Å². The van der Waals surface area contributed by atoms with E-state index in [1.165, 1.54) is 11.9 Å². The minimum Gasteiger partial charge on any atom is -0.494 e. The van der Waals surface area contributed by atoms with Crippen LogP contribution in [0.1, 0.15) is 28.0 Å². The van der Waals surface area contributed by atoms with Crippen molar-refractivity contribution in [3.63, 3.8) is 0 Å². The van der Waals surface area contributed by atoms with Crippen molar-refractivity contribution >= 4 is 40.4 Å². The third-order valence-corrected chi connectivity index (χ3v) is 5.40. The zero-order valence-electron chi connectivity index (χ0n) is 15.7. The van der Waals surface area contributed by atoms with E-state index in [9.17, 15) is 4.79 Å². The van der Waals surface area contributed by atoms with E-state index < -0.39 is 0 Å². The Morgan fingerprint density at radius 3 is 2.78 bits per heavy atom. The van der Waals surface area contributed by atoms with Gasteiger partial charge >= 0.3 is 0 Å². The second-order valence-corrected chi connectivity index (χ2v) is 7.42. The highest BCUT2D eigenvalue weighted by atomic mass is 35.5. The van der Waals surface area contributed by atoms with Crippen LogP contribution in [0.3, 0.4) is 0 Å². The van der Waals surface area contributed by atoms with Gasteiger partial charge in [-0.3, -0.25) is 9.52 Å². The molecule has 0 atom stereocenters. The number of rotatable bonds is 7. The predicted octanol–water partition coefficient (Wildman–Crippen LogP) is 5.16. The lowest BCUT2D eigenvalue weighted by Crippen LogP contribution is -2.20. The summed E-state index contributed by atoms with van der Waals surface area (Å²) < 4.78 is 10.7. The molecule has 0 unspecified atom stereocenters. The predicted molar refractivity (Wildman–Crippen MR) is 114 cm³/mol. The van der Waals surface area contributed by atoms with Crippen molar-refractivity contribution in [3.8, 4) is 5.75 Å². The van der Waals surface area contributed by atoms with E-state index in [2.05, 4.69) is 10.8 Å². The summed E-state index contributed by atoms with van der Waals surface area (Å²) >= 11 is 7.37. The molecule has 27 heavy (non-hydrogen) atoms. The molecule has 1 amide bonds. The molecule has 0 aliphatic carbocycles. The second-order valence-electron chi connectivity index (χ2n) is 6.40. The average molecular weight is 403 g/mol. The molecule has 3 aromatic rings. The number of nitrogens with one attached hydrogen (secondary N) is 1. The fraction of sp³-hybridized carbons (Fsp3) is 0.286. The van der Waals surface area contributed by atoms with Crippen LogP contribution in [0.15, 0.2) is 42.5 Å². The maximum atomic E-state index is 12.6. The number of carbonyl (C=O) groups excluding carboxylic acids is 1. The van der Waals surface area contributed by atoms with Gasteiger partial charge in [0, 0.05) is 29.2 Å². The SMILES string of the molecule is CSNC(=O)c1c(CCCOc2ccc(Cl)c(C)c2)c2ccccc2n1C. The van der Waals surface area contributed by atoms with E-state index in [1.807, 2.05) is 61.2 Å². The number of aromatic nitrogens is 1. The molecule has 1 heterocycles. The Bertz CT molecular complexity index is 968. The van der Waals surface area contributed by atoms with Gasteiger partial charge in [-0.2, -0.15) is 0 Å². The van der Waals surface area contributed by atoms with Crippen LogP contribution in [0, 0.1) is 6.92 Å². The molecule has 1 aromatic heterocycles. The molecular weight excluding hydrogens is 380 g/mol. The summed E-state index contributed by atoms with van der Waals surface area (Å²) in [5, 5.41) is 1.86. The highest BCUT2D eigenvalue weighted by Crippen LogP contribution is 2.27. The molecule has 6 heteroatoms. The Morgan fingerprint density at radius 2 is 2.04 bits per heavy atom. The number of nitrogens with zero attached hydrogens (tertiary/aromatic N) is 1. The van der Waals surface area contributed by atoms with Crippen LogP contribution >= 0.6 is 23.5 Å². The maximum absolute atomic E-state index is 12.6. The second kappa shape index (κ2) is 8.72. The topological polar surface area (TPSA) is 43.3 Å². The highest BCUT2D eigenvalue weighted by Gasteiger charge is 2.20. The number of carbonyl (C=O) groups is 1. The normalized spacial score (nSPS) is 11.0. The monoisotopic (exact) mass is 402 g/mol. The largest absolute Gasteiger partial charge is 0.494 e. The molecule has 3 rings (SSSR count). The van der Waals surface area contributed by atoms with Gasteiger partial charge in [0.2, 0.25) is 0 Å².